The minimum Gasteiger partial charge on any atom is -1.00 e. The second kappa shape index (κ2) is 4.39. The van der Waals surface area contributed by atoms with Crippen molar-refractivity contribution in [1.29, 1.82) is 0 Å². The van der Waals surface area contributed by atoms with Crippen LogP contribution < -0.4 is 56.1 Å². The van der Waals surface area contributed by atoms with E-state index in [1.807, 2.05) is 0 Å². The van der Waals surface area contributed by atoms with E-state index in [2.05, 4.69) is 0 Å². The summed E-state index contributed by atoms with van der Waals surface area (Å²) in [6.45, 7) is 0. The Bertz CT molecular complexity index is 121. The van der Waals surface area contributed by atoms with E-state index in [9.17, 15) is 8.42 Å². The number of hydrogen-bond acceptors (Lipinski definition) is 2. The summed E-state index contributed by atoms with van der Waals surface area (Å²) in [6, 6.07) is 0. The molecule has 0 aliphatic carbocycles. The molecule has 0 bridgehead atoms. The molecule has 6 heteroatoms. The maximum absolute atomic E-state index is 9.44. The van der Waals surface area contributed by atoms with Crippen molar-refractivity contribution in [2.75, 3.05) is 7.05 Å². The summed E-state index contributed by atoms with van der Waals surface area (Å²) in [5.41, 5.74) is 0. The molecule has 0 aliphatic heterocycles. The first-order valence-corrected chi connectivity index (χ1v) is 2.66. The molecule has 0 fully saturated rings. The van der Waals surface area contributed by atoms with E-state index in [-0.39, 0.29) is 52.8 Å². The van der Waals surface area contributed by atoms with Crippen LogP contribution in [-0.4, -0.2) is 20.0 Å². The summed E-state index contributed by atoms with van der Waals surface area (Å²) in [5, 5.41) is 0. The van der Waals surface area contributed by atoms with Gasteiger partial charge in [0.2, 0.25) is 0 Å². The maximum atomic E-state index is 9.44. The van der Waals surface area contributed by atoms with Crippen molar-refractivity contribution in [3.63, 3.8) is 0 Å². The van der Waals surface area contributed by atoms with E-state index in [1.165, 1.54) is 0 Å². The van der Waals surface area contributed by atoms with Gasteiger partial charge < -0.3 is 1.43 Å². The molecule has 0 aliphatic rings. The van der Waals surface area contributed by atoms with Gasteiger partial charge in [-0.2, -0.15) is 13.1 Å². The van der Waals surface area contributed by atoms with Gasteiger partial charge in [0.15, 0.2) is 0 Å². The van der Waals surface area contributed by atoms with E-state index in [4.69, 9.17) is 4.55 Å². The molecule has 0 atom stereocenters. The average molecular weight is 151 g/mol. The van der Waals surface area contributed by atoms with Gasteiger partial charge in [-0.05, 0) is 0 Å². The monoisotopic (exact) mass is 151 g/mol. The van der Waals surface area contributed by atoms with E-state index >= 15 is 0 Å². The van der Waals surface area contributed by atoms with Crippen LogP contribution in [0.3, 0.4) is 0 Å². The zero-order chi connectivity index (χ0) is 5.21. The van der Waals surface area contributed by atoms with Gasteiger partial charge in [0.05, 0.1) is 0 Å². The Labute approximate surface area is 86.5 Å². The Hall–Kier alpha value is 1.51. The molecule has 0 saturated carbocycles. The fourth-order valence-corrected chi connectivity index (χ4v) is 0. The predicted molar refractivity (Wildman–Crippen MR) is 21.7 cm³/mol. The van der Waals surface area contributed by atoms with Crippen LogP contribution in [0.5, 0.6) is 0 Å². The third-order valence-corrected chi connectivity index (χ3v) is 0.774. The Balaban J connectivity index is -0.000000125. The van der Waals surface area contributed by atoms with E-state index < -0.39 is 10.3 Å². The van der Waals surface area contributed by atoms with E-state index in [1.54, 1.807) is 4.72 Å². The number of nitrogens with one attached hydrogen (secondary N) is 1. The van der Waals surface area contributed by atoms with Crippen LogP contribution in [0.15, 0.2) is 0 Å². The van der Waals surface area contributed by atoms with Crippen LogP contribution in [0, 0.1) is 0 Å². The fraction of sp³-hybridized carbons (Fsp3) is 1.00. The molecule has 0 aromatic heterocycles. The Morgan fingerprint density at radius 3 is 1.86 bits per heavy atom. The molecule has 0 amide bonds. The molecule has 0 aromatic carbocycles. The van der Waals surface area contributed by atoms with Crippen molar-refractivity contribution < 1.29 is 65.8 Å². The average Bonchev–Trinajstić information content (AvgIpc) is 1.35. The number of rotatable bonds is 1. The first kappa shape index (κ1) is 11.3. The van der Waals surface area contributed by atoms with Gasteiger partial charge in [-0.15, -0.1) is 0 Å². The van der Waals surface area contributed by atoms with Crippen molar-refractivity contribution in [1.82, 2.24) is 4.72 Å². The fourth-order valence-electron chi connectivity index (χ4n) is 0. The maximum Gasteiger partial charge on any atom is 1.00 e. The largest absolute Gasteiger partial charge is 1.00 e. The zero-order valence-corrected chi connectivity index (χ0v) is 8.11. The molecule has 40 valence electrons. The van der Waals surface area contributed by atoms with Gasteiger partial charge in [-0.3, -0.25) is 4.55 Å². The van der Waals surface area contributed by atoms with E-state index in [0.29, 0.717) is 0 Å². The smallest absolute Gasteiger partial charge is 1.00 e. The SMILES string of the molecule is CNS(=O)(=O)O.[H-].[K+]. The standard InChI is InChI=1S/CH5NO3S.K.H/c1-2-6(3,4)5;;/h2H,1H3,(H,3,4,5);;/q;+1;-1. The third kappa shape index (κ3) is 11.2. The Morgan fingerprint density at radius 1 is 1.71 bits per heavy atom. The molecule has 0 radical (unpaired) electrons. The minimum atomic E-state index is -3.91. The van der Waals surface area contributed by atoms with Crippen LogP contribution in [0.1, 0.15) is 1.43 Å². The first-order chi connectivity index (χ1) is 2.56. The second-order valence-electron chi connectivity index (χ2n) is 0.679. The van der Waals surface area contributed by atoms with Gasteiger partial charge >= 0.3 is 61.7 Å². The summed E-state index contributed by atoms with van der Waals surface area (Å²) in [7, 11) is -2.79. The van der Waals surface area contributed by atoms with Crippen LogP contribution in [0.25, 0.3) is 0 Å². The molecule has 0 heterocycles. The molecule has 7 heavy (non-hydrogen) atoms. The summed E-state index contributed by atoms with van der Waals surface area (Å²) in [5.74, 6) is 0. The van der Waals surface area contributed by atoms with Crippen molar-refractivity contribution in [2.24, 2.45) is 0 Å². The van der Waals surface area contributed by atoms with Crippen molar-refractivity contribution in [3.8, 4) is 0 Å². The predicted octanol–water partition coefficient (Wildman–Crippen LogP) is -3.87. The van der Waals surface area contributed by atoms with Gasteiger partial charge in [0.25, 0.3) is 0 Å². The van der Waals surface area contributed by atoms with Crippen LogP contribution in [0.2, 0.25) is 0 Å². The molecule has 0 aromatic rings. The third-order valence-electron chi connectivity index (χ3n) is 0.258. The molecule has 0 spiro atoms. The molecule has 0 saturated heterocycles. The quantitative estimate of drug-likeness (QED) is 0.298. The Morgan fingerprint density at radius 2 is 1.86 bits per heavy atom. The van der Waals surface area contributed by atoms with Gasteiger partial charge in [-0.1, -0.05) is 0 Å². The Kier molecular flexibility index (Phi) is 7.10. The van der Waals surface area contributed by atoms with Gasteiger partial charge in [0, 0.05) is 7.05 Å². The summed E-state index contributed by atoms with van der Waals surface area (Å²) in [4.78, 5) is 0. The molecular weight excluding hydrogens is 145 g/mol. The molecule has 4 nitrogen and oxygen atoms in total. The van der Waals surface area contributed by atoms with Crippen molar-refractivity contribution >= 4 is 10.3 Å². The second-order valence-corrected chi connectivity index (χ2v) is 2.04. The first-order valence-electron chi connectivity index (χ1n) is 1.22. The molecular formula is CH6KNO3S. The normalized spacial score (nSPS) is 10.0. The van der Waals surface area contributed by atoms with Gasteiger partial charge in [0.1, 0.15) is 0 Å². The van der Waals surface area contributed by atoms with Crippen LogP contribution >= 0.6 is 0 Å². The molecule has 2 N–H and O–H groups in total. The zero-order valence-electron chi connectivity index (χ0n) is 5.17. The summed E-state index contributed by atoms with van der Waals surface area (Å²) in [6.07, 6.45) is 0. The topological polar surface area (TPSA) is 66.4 Å². The number of hydrogen-bond donors (Lipinski definition) is 2. The molecule has 0 rings (SSSR count). The van der Waals surface area contributed by atoms with Gasteiger partial charge in [-0.25, -0.2) is 0 Å². The van der Waals surface area contributed by atoms with Crippen LogP contribution in [0.4, 0.5) is 0 Å². The minimum absolute atomic E-state index is 0. The summed E-state index contributed by atoms with van der Waals surface area (Å²) < 4.78 is 28.2. The van der Waals surface area contributed by atoms with Crippen molar-refractivity contribution in [2.45, 2.75) is 0 Å². The van der Waals surface area contributed by atoms with Crippen molar-refractivity contribution in [3.05, 3.63) is 0 Å². The van der Waals surface area contributed by atoms with Crippen LogP contribution in [-0.2, 0) is 10.3 Å². The summed E-state index contributed by atoms with van der Waals surface area (Å²) >= 11 is 0. The van der Waals surface area contributed by atoms with E-state index in [0.717, 1.165) is 7.05 Å². The molecule has 0 unspecified atom stereocenters.